The molecule has 5 heteroatoms. The van der Waals surface area contributed by atoms with Crippen molar-refractivity contribution < 1.29 is 4.74 Å². The van der Waals surface area contributed by atoms with E-state index in [1.165, 1.54) is 83.0 Å². The molecule has 0 saturated heterocycles. The van der Waals surface area contributed by atoms with Crippen molar-refractivity contribution in [3.05, 3.63) is 216 Å². The molecule has 0 radical (unpaired) electrons. The lowest BCUT2D eigenvalue weighted by atomic mass is 9.61. The van der Waals surface area contributed by atoms with Gasteiger partial charge in [-0.15, -0.1) is 0 Å². The minimum atomic E-state index is -0.140. The van der Waals surface area contributed by atoms with Gasteiger partial charge in [0.05, 0.1) is 22.4 Å². The molecule has 0 atom stereocenters. The molecule has 0 unspecified atom stereocenters. The summed E-state index contributed by atoms with van der Waals surface area (Å²) >= 11 is 0. The highest BCUT2D eigenvalue weighted by Crippen LogP contribution is 2.54. The Bertz CT molecular complexity index is 3280. The summed E-state index contributed by atoms with van der Waals surface area (Å²) in [7, 11) is 0. The van der Waals surface area contributed by atoms with E-state index in [0.29, 0.717) is 0 Å². The van der Waals surface area contributed by atoms with E-state index in [9.17, 15) is 0 Å². The van der Waals surface area contributed by atoms with Crippen molar-refractivity contribution in [3.8, 4) is 17.3 Å². The Labute approximate surface area is 427 Å². The van der Waals surface area contributed by atoms with Gasteiger partial charge in [-0.25, -0.2) is 4.98 Å². The summed E-state index contributed by atoms with van der Waals surface area (Å²) in [5.41, 5.74) is 14.2. The predicted octanol–water partition coefficient (Wildman–Crippen LogP) is 18.6. The van der Waals surface area contributed by atoms with Gasteiger partial charge in [0, 0.05) is 51.3 Å². The Hall–Kier alpha value is -7.11. The van der Waals surface area contributed by atoms with Gasteiger partial charge in [0.1, 0.15) is 17.3 Å². The molecular formula is C67H70N4O. The maximum atomic E-state index is 6.97. The smallest absolute Gasteiger partial charge is 0.137 e. The van der Waals surface area contributed by atoms with Gasteiger partial charge in [0.15, 0.2) is 0 Å². The maximum absolute atomic E-state index is 6.97. The van der Waals surface area contributed by atoms with Crippen LogP contribution >= 0.6 is 0 Å². The Morgan fingerprint density at radius 3 is 1.62 bits per heavy atom. The number of aromatic nitrogens is 2. The third-order valence-electron chi connectivity index (χ3n) is 16.1. The number of hydrogen-bond donors (Lipinski definition) is 2. The van der Waals surface area contributed by atoms with E-state index in [1.807, 2.05) is 6.20 Å². The van der Waals surface area contributed by atoms with E-state index < -0.39 is 0 Å². The molecule has 11 rings (SSSR count). The first-order valence-corrected chi connectivity index (χ1v) is 26.6. The predicted molar refractivity (Wildman–Crippen MR) is 303 cm³/mol. The Morgan fingerprint density at radius 2 is 1.01 bits per heavy atom. The highest BCUT2D eigenvalue weighted by molar-refractivity contribution is 6.09. The normalized spacial score (nSPS) is 15.9. The lowest BCUT2D eigenvalue weighted by Crippen LogP contribution is -2.35. The highest BCUT2D eigenvalue weighted by Gasteiger charge is 2.43. The molecule has 7 aromatic carbocycles. The van der Waals surface area contributed by atoms with Crippen LogP contribution in [0.15, 0.2) is 182 Å². The number of ether oxygens (including phenoxy) is 1. The van der Waals surface area contributed by atoms with Gasteiger partial charge in [-0.3, -0.25) is 4.57 Å². The maximum Gasteiger partial charge on any atom is 0.137 e. The van der Waals surface area contributed by atoms with Gasteiger partial charge in [-0.05, 0) is 124 Å². The molecule has 0 amide bonds. The van der Waals surface area contributed by atoms with Crippen molar-refractivity contribution in [1.82, 2.24) is 9.55 Å². The zero-order chi connectivity index (χ0) is 49.5. The Kier molecular flexibility index (Phi) is 12.6. The average molecular weight is 947 g/mol. The van der Waals surface area contributed by atoms with E-state index in [1.54, 1.807) is 0 Å². The summed E-state index contributed by atoms with van der Waals surface area (Å²) in [5.74, 6) is 2.45. The van der Waals surface area contributed by atoms with Crippen LogP contribution in [0.25, 0.3) is 27.6 Å². The van der Waals surface area contributed by atoms with E-state index in [4.69, 9.17) is 9.72 Å². The monoisotopic (exact) mass is 947 g/mol. The number of nitrogens with zero attached hydrogens (tertiary/aromatic N) is 2. The van der Waals surface area contributed by atoms with Crippen molar-refractivity contribution in [2.24, 2.45) is 0 Å². The topological polar surface area (TPSA) is 51.1 Å². The molecule has 2 aliphatic rings. The first-order valence-electron chi connectivity index (χ1n) is 26.6. The summed E-state index contributed by atoms with van der Waals surface area (Å²) in [6.07, 6.45) is 13.9. The van der Waals surface area contributed by atoms with Crippen LogP contribution in [0.4, 0.5) is 22.7 Å². The van der Waals surface area contributed by atoms with Crippen molar-refractivity contribution in [2.45, 2.75) is 127 Å². The molecule has 5 nitrogen and oxygen atoms in total. The van der Waals surface area contributed by atoms with E-state index in [2.05, 4.69) is 233 Å². The van der Waals surface area contributed by atoms with Crippen LogP contribution < -0.4 is 15.4 Å². The molecule has 2 heterocycles. The van der Waals surface area contributed by atoms with E-state index in [-0.39, 0.29) is 21.7 Å². The molecule has 0 bridgehead atoms. The largest absolute Gasteiger partial charge is 0.457 e. The zero-order valence-corrected chi connectivity index (χ0v) is 43.2. The van der Waals surface area contributed by atoms with Crippen LogP contribution in [0.5, 0.6) is 11.5 Å². The summed E-state index contributed by atoms with van der Waals surface area (Å²) in [5, 5.41) is 10.6. The van der Waals surface area contributed by atoms with Gasteiger partial charge < -0.3 is 15.4 Å². The van der Waals surface area contributed by atoms with Crippen molar-refractivity contribution in [1.29, 1.82) is 0 Å². The molecule has 72 heavy (non-hydrogen) atoms. The molecule has 364 valence electrons. The molecule has 2 N–H and O–H groups in total. The van der Waals surface area contributed by atoms with Crippen LogP contribution in [0.2, 0.25) is 0 Å². The van der Waals surface area contributed by atoms with E-state index >= 15 is 0 Å². The Balaban J connectivity index is 1.00. The SMILES string of the molecule is CC(C)(C)c1cc(Nc2ccccc2Nc2c(C3(c4ccccc4)CCCCC3)cccc2C2(c3ccccc3)CCCCC2)cc(Oc2ccc3c4ccccc4n(-c4cc(C(C)(C)C)ccn4)c3c2)c1. The average Bonchev–Trinajstić information content (AvgIpc) is 3.73. The molecular weight excluding hydrogens is 877 g/mol. The third-order valence-corrected chi connectivity index (χ3v) is 16.1. The zero-order valence-electron chi connectivity index (χ0n) is 43.2. The molecule has 0 spiro atoms. The summed E-state index contributed by atoms with van der Waals surface area (Å²) in [4.78, 5) is 4.93. The number of benzene rings is 7. The number of fused-ring (bicyclic) bond motifs is 3. The number of para-hydroxylation sites is 4. The fraction of sp³-hybridized carbons (Fsp3) is 0.299. The van der Waals surface area contributed by atoms with Crippen LogP contribution in [0, 0.1) is 0 Å². The second-order valence-corrected chi connectivity index (χ2v) is 22.8. The minimum absolute atomic E-state index is 0.0151. The van der Waals surface area contributed by atoms with Crippen LogP contribution in [0.3, 0.4) is 0 Å². The number of nitrogens with one attached hydrogen (secondary N) is 2. The van der Waals surface area contributed by atoms with Crippen molar-refractivity contribution in [3.63, 3.8) is 0 Å². The van der Waals surface area contributed by atoms with Crippen molar-refractivity contribution in [2.75, 3.05) is 10.6 Å². The van der Waals surface area contributed by atoms with Gasteiger partial charge in [0.25, 0.3) is 0 Å². The quantitative estimate of drug-likeness (QED) is 0.136. The van der Waals surface area contributed by atoms with Crippen molar-refractivity contribution >= 4 is 44.6 Å². The minimum Gasteiger partial charge on any atom is -0.457 e. The van der Waals surface area contributed by atoms with Gasteiger partial charge >= 0.3 is 0 Å². The lowest BCUT2D eigenvalue weighted by molar-refractivity contribution is 0.338. The fourth-order valence-electron chi connectivity index (χ4n) is 12.3. The van der Waals surface area contributed by atoms with Crippen LogP contribution in [-0.4, -0.2) is 9.55 Å². The number of anilines is 4. The molecule has 0 aliphatic heterocycles. The molecule has 2 fully saturated rings. The van der Waals surface area contributed by atoms with Crippen LogP contribution in [0.1, 0.15) is 139 Å². The highest BCUT2D eigenvalue weighted by atomic mass is 16.5. The second-order valence-electron chi connectivity index (χ2n) is 22.8. The first-order chi connectivity index (χ1) is 34.9. The molecule has 2 aliphatic carbocycles. The first kappa shape index (κ1) is 47.2. The summed E-state index contributed by atoms with van der Waals surface area (Å²) in [6.45, 7) is 13.6. The number of hydrogen-bond acceptors (Lipinski definition) is 4. The lowest BCUT2D eigenvalue weighted by Gasteiger charge is -2.44. The third kappa shape index (κ3) is 8.97. The van der Waals surface area contributed by atoms with Gasteiger partial charge in [-0.2, -0.15) is 0 Å². The number of rotatable bonds is 11. The summed E-state index contributed by atoms with van der Waals surface area (Å²) < 4.78 is 9.26. The standard InChI is InChI=1S/C67H70N4O/c1-64(2,3)49-36-41-68-62(44-49)71-60-33-18-15-28-54(60)55-35-34-52(46-61(55)71)72-53-43-50(65(4,5)6)42-51(45-53)69-58-31-16-17-32-59(58)70-63-56(66(37-19-9-20-38-66)47-24-11-7-12-25-47)29-23-30-57(63)67(39-21-10-22-40-67)48-26-13-8-14-27-48/h7-8,11-18,23-36,41-46,69-70H,9-10,19-22,37-40H2,1-6H3. The fourth-order valence-corrected chi connectivity index (χ4v) is 12.3. The van der Waals surface area contributed by atoms with Gasteiger partial charge in [-0.1, -0.05) is 189 Å². The van der Waals surface area contributed by atoms with E-state index in [0.717, 1.165) is 76.5 Å². The van der Waals surface area contributed by atoms with Crippen LogP contribution in [-0.2, 0) is 21.7 Å². The molecule has 9 aromatic rings. The second kappa shape index (κ2) is 19.1. The molecule has 2 saturated carbocycles. The Morgan fingerprint density at radius 1 is 0.458 bits per heavy atom. The molecule has 2 aromatic heterocycles. The number of pyridine rings is 1. The van der Waals surface area contributed by atoms with Gasteiger partial charge in [0.2, 0.25) is 0 Å². The summed E-state index contributed by atoms with van der Waals surface area (Å²) in [6, 6.07) is 64.9.